The van der Waals surface area contributed by atoms with Crippen molar-refractivity contribution in [2.75, 3.05) is 5.32 Å². The van der Waals surface area contributed by atoms with Crippen molar-refractivity contribution in [3.05, 3.63) is 58.9 Å². The fourth-order valence-corrected chi connectivity index (χ4v) is 3.08. The smallest absolute Gasteiger partial charge is 0.332 e. The fourth-order valence-electron chi connectivity index (χ4n) is 2.79. The predicted molar refractivity (Wildman–Crippen MR) is 91.8 cm³/mol. The molecule has 5 nitrogen and oxygen atoms in total. The molecule has 0 fully saturated rings. The molecule has 0 unspecified atom stereocenters. The molecule has 1 aliphatic carbocycles. The van der Waals surface area contributed by atoms with Gasteiger partial charge in [-0.2, -0.15) is 0 Å². The maximum absolute atomic E-state index is 12.3. The van der Waals surface area contributed by atoms with Crippen LogP contribution >= 0.6 is 11.6 Å². The van der Waals surface area contributed by atoms with E-state index in [0.29, 0.717) is 35.5 Å². The van der Waals surface area contributed by atoms with E-state index in [2.05, 4.69) is 10.3 Å². The molecule has 1 aromatic heterocycles. The van der Waals surface area contributed by atoms with Crippen LogP contribution in [0.25, 0.3) is 11.1 Å². The first kappa shape index (κ1) is 16.2. The molecule has 24 heavy (non-hydrogen) atoms. The van der Waals surface area contributed by atoms with Gasteiger partial charge in [0.05, 0.1) is 5.02 Å². The number of benzene rings is 1. The van der Waals surface area contributed by atoms with Crippen molar-refractivity contribution in [1.82, 2.24) is 4.98 Å². The summed E-state index contributed by atoms with van der Waals surface area (Å²) in [5.41, 5.74) is 2.77. The normalized spacial score (nSPS) is 13.9. The first-order valence-corrected chi connectivity index (χ1v) is 7.90. The lowest BCUT2D eigenvalue weighted by atomic mass is 10.1. The third-order valence-corrected chi connectivity index (χ3v) is 4.26. The van der Waals surface area contributed by atoms with E-state index in [4.69, 9.17) is 16.7 Å². The van der Waals surface area contributed by atoms with Crippen molar-refractivity contribution in [2.24, 2.45) is 0 Å². The molecule has 3 rings (SSSR count). The molecular weight excluding hydrogens is 328 g/mol. The second-order valence-corrected chi connectivity index (χ2v) is 5.91. The van der Waals surface area contributed by atoms with E-state index in [-0.39, 0.29) is 11.5 Å². The molecule has 0 saturated heterocycles. The number of hydrogen-bond acceptors (Lipinski definition) is 3. The van der Waals surface area contributed by atoms with Crippen LogP contribution in [0.1, 0.15) is 19.3 Å². The van der Waals surface area contributed by atoms with Crippen LogP contribution in [-0.2, 0) is 9.59 Å². The summed E-state index contributed by atoms with van der Waals surface area (Å²) < 4.78 is 0. The molecule has 2 aromatic rings. The van der Waals surface area contributed by atoms with Crippen molar-refractivity contribution in [2.45, 2.75) is 19.3 Å². The van der Waals surface area contributed by atoms with Gasteiger partial charge in [0.1, 0.15) is 0 Å². The summed E-state index contributed by atoms with van der Waals surface area (Å²) in [6.45, 7) is 0. The lowest BCUT2D eigenvalue weighted by Gasteiger charge is -2.10. The largest absolute Gasteiger partial charge is 0.478 e. The molecule has 0 radical (unpaired) electrons. The average Bonchev–Trinajstić information content (AvgIpc) is 3.06. The van der Waals surface area contributed by atoms with Crippen LogP contribution < -0.4 is 5.32 Å². The number of carboxylic acid groups (broad SMARTS) is 1. The zero-order valence-electron chi connectivity index (χ0n) is 12.8. The molecule has 1 aliphatic rings. The van der Waals surface area contributed by atoms with E-state index in [1.165, 1.54) is 0 Å². The van der Waals surface area contributed by atoms with Crippen molar-refractivity contribution < 1.29 is 14.7 Å². The van der Waals surface area contributed by atoms with E-state index in [1.54, 1.807) is 30.6 Å². The fraction of sp³-hybridized carbons (Fsp3) is 0.167. The molecule has 1 heterocycles. The van der Waals surface area contributed by atoms with E-state index in [9.17, 15) is 9.59 Å². The number of carboxylic acids is 1. The molecule has 122 valence electrons. The lowest BCUT2D eigenvalue weighted by Crippen LogP contribution is -2.16. The molecular formula is C18H15ClN2O3. The zero-order chi connectivity index (χ0) is 17.1. The van der Waals surface area contributed by atoms with Gasteiger partial charge in [-0.1, -0.05) is 23.7 Å². The van der Waals surface area contributed by atoms with Crippen molar-refractivity contribution in [3.63, 3.8) is 0 Å². The number of carbonyl (C=O) groups excluding carboxylic acids is 1. The van der Waals surface area contributed by atoms with Crippen molar-refractivity contribution in [1.29, 1.82) is 0 Å². The monoisotopic (exact) mass is 342 g/mol. The van der Waals surface area contributed by atoms with Gasteiger partial charge in [-0.15, -0.1) is 0 Å². The molecule has 6 heteroatoms. The highest BCUT2D eigenvalue weighted by Crippen LogP contribution is 2.31. The van der Waals surface area contributed by atoms with Gasteiger partial charge in [-0.3, -0.25) is 9.78 Å². The number of nitrogens with zero attached hydrogens (tertiary/aromatic N) is 1. The van der Waals surface area contributed by atoms with E-state index in [1.807, 2.05) is 12.1 Å². The lowest BCUT2D eigenvalue weighted by molar-refractivity contribution is -0.133. The van der Waals surface area contributed by atoms with Gasteiger partial charge in [0.15, 0.2) is 0 Å². The summed E-state index contributed by atoms with van der Waals surface area (Å²) in [6.07, 6.45) is 4.99. The SMILES string of the molecule is O=C(O)C1=C(C(=O)Nc2ccc(-c3cccnc3)c(Cl)c2)CCC1. The highest BCUT2D eigenvalue weighted by Gasteiger charge is 2.25. The number of amides is 1. The Labute approximate surface area is 144 Å². The maximum Gasteiger partial charge on any atom is 0.332 e. The summed E-state index contributed by atoms with van der Waals surface area (Å²) in [5, 5.41) is 12.4. The summed E-state index contributed by atoms with van der Waals surface area (Å²) in [5.74, 6) is -1.40. The highest BCUT2D eigenvalue weighted by atomic mass is 35.5. The van der Waals surface area contributed by atoms with Crippen LogP contribution in [0, 0.1) is 0 Å². The third-order valence-electron chi connectivity index (χ3n) is 3.95. The van der Waals surface area contributed by atoms with Crippen LogP contribution in [-0.4, -0.2) is 22.0 Å². The molecule has 1 amide bonds. The van der Waals surface area contributed by atoms with Crippen LogP contribution in [0.4, 0.5) is 5.69 Å². The van der Waals surface area contributed by atoms with Gasteiger partial charge >= 0.3 is 5.97 Å². The van der Waals surface area contributed by atoms with Gasteiger partial charge in [-0.05, 0) is 37.5 Å². The predicted octanol–water partition coefficient (Wildman–Crippen LogP) is 3.91. The number of hydrogen-bond donors (Lipinski definition) is 2. The molecule has 2 N–H and O–H groups in total. The number of anilines is 1. The number of aliphatic carboxylic acids is 1. The standard InChI is InChI=1S/C18H15ClN2O3/c19-16-9-12(6-7-13(16)11-3-2-8-20-10-11)21-17(22)14-4-1-5-15(14)18(23)24/h2-3,6-10H,1,4-5H2,(H,21,22)(H,23,24). The van der Waals surface area contributed by atoms with Crippen LogP contribution in [0.2, 0.25) is 5.02 Å². The molecule has 0 spiro atoms. The van der Waals surface area contributed by atoms with Crippen molar-refractivity contribution >= 4 is 29.2 Å². The minimum Gasteiger partial charge on any atom is -0.478 e. The minimum absolute atomic E-state index is 0.200. The third kappa shape index (κ3) is 3.31. The molecule has 0 aliphatic heterocycles. The number of aromatic nitrogens is 1. The quantitative estimate of drug-likeness (QED) is 0.883. The molecule has 0 saturated carbocycles. The Hall–Kier alpha value is -2.66. The van der Waals surface area contributed by atoms with Gasteiger partial charge in [-0.25, -0.2) is 4.79 Å². The van der Waals surface area contributed by atoms with Gasteiger partial charge in [0.2, 0.25) is 0 Å². The molecule has 0 bridgehead atoms. The summed E-state index contributed by atoms with van der Waals surface area (Å²) in [7, 11) is 0. The van der Waals surface area contributed by atoms with Crippen LogP contribution in [0.3, 0.4) is 0 Å². The first-order valence-electron chi connectivity index (χ1n) is 7.53. The summed E-state index contributed by atoms with van der Waals surface area (Å²) >= 11 is 6.30. The Kier molecular flexibility index (Phi) is 4.62. The van der Waals surface area contributed by atoms with E-state index in [0.717, 1.165) is 11.1 Å². The highest BCUT2D eigenvalue weighted by molar-refractivity contribution is 6.33. The Balaban J connectivity index is 1.82. The van der Waals surface area contributed by atoms with Gasteiger partial charge in [0, 0.05) is 40.4 Å². The topological polar surface area (TPSA) is 79.3 Å². The Morgan fingerprint density at radius 2 is 1.96 bits per heavy atom. The van der Waals surface area contributed by atoms with E-state index < -0.39 is 5.97 Å². The second-order valence-electron chi connectivity index (χ2n) is 5.51. The second kappa shape index (κ2) is 6.84. The summed E-state index contributed by atoms with van der Waals surface area (Å²) in [6, 6.07) is 8.91. The Morgan fingerprint density at radius 3 is 2.62 bits per heavy atom. The number of rotatable bonds is 4. The first-order chi connectivity index (χ1) is 11.6. The Bertz CT molecular complexity index is 831. The summed E-state index contributed by atoms with van der Waals surface area (Å²) in [4.78, 5) is 27.5. The van der Waals surface area contributed by atoms with Crippen molar-refractivity contribution in [3.8, 4) is 11.1 Å². The van der Waals surface area contributed by atoms with E-state index >= 15 is 0 Å². The number of nitrogens with one attached hydrogen (secondary N) is 1. The van der Waals surface area contributed by atoms with Gasteiger partial charge < -0.3 is 10.4 Å². The average molecular weight is 343 g/mol. The number of halogens is 1. The minimum atomic E-state index is -1.03. The molecule has 0 atom stereocenters. The van der Waals surface area contributed by atoms with Crippen LogP contribution in [0.15, 0.2) is 53.9 Å². The van der Waals surface area contributed by atoms with Gasteiger partial charge in [0.25, 0.3) is 5.91 Å². The maximum atomic E-state index is 12.3. The molecule has 1 aromatic carbocycles. The number of carbonyl (C=O) groups is 2. The zero-order valence-corrected chi connectivity index (χ0v) is 13.5. The number of pyridine rings is 1. The van der Waals surface area contributed by atoms with Crippen LogP contribution in [0.5, 0.6) is 0 Å². The Morgan fingerprint density at radius 1 is 1.17 bits per heavy atom.